The number of hydrogen-bond donors (Lipinski definition) is 1. The number of hydrogen-bond acceptors (Lipinski definition) is 7. The first-order valence-corrected chi connectivity index (χ1v) is 13.8. The van der Waals surface area contributed by atoms with Gasteiger partial charge in [0.05, 0.1) is 18.7 Å². The molecule has 0 fully saturated rings. The summed E-state index contributed by atoms with van der Waals surface area (Å²) in [6.07, 6.45) is 2.33. The number of carbonyl (C=O) groups is 1. The van der Waals surface area contributed by atoms with Crippen LogP contribution >= 0.6 is 11.3 Å². The van der Waals surface area contributed by atoms with Gasteiger partial charge in [-0.2, -0.15) is 0 Å². The lowest BCUT2D eigenvalue weighted by Crippen LogP contribution is -2.25. The van der Waals surface area contributed by atoms with Crippen LogP contribution in [0.4, 0.5) is 0 Å². The first-order chi connectivity index (χ1) is 17.9. The van der Waals surface area contributed by atoms with Crippen molar-refractivity contribution in [1.29, 1.82) is 0 Å². The standard InChI is InChI=1S/C27H35N5O4S/c1-5-35-21-11-10-19(16-22(21)36-6-2)12-14-28-24(33)9-7-8-23-29-30-27-31(17-18(3)4)26(34)25-20(32(23)27)13-15-37-25/h10-11,13,15-16,18H,5-9,12,14,17H2,1-4H3,(H,28,33). The molecule has 3 heterocycles. The smallest absolute Gasteiger partial charge is 0.272 e. The summed E-state index contributed by atoms with van der Waals surface area (Å²) < 4.78 is 15.7. The van der Waals surface area contributed by atoms with Gasteiger partial charge in [-0.15, -0.1) is 21.5 Å². The molecule has 1 aromatic carbocycles. The molecule has 0 unspecified atom stereocenters. The van der Waals surface area contributed by atoms with Gasteiger partial charge in [0.2, 0.25) is 11.7 Å². The Bertz CT molecular complexity index is 1420. The van der Waals surface area contributed by atoms with E-state index < -0.39 is 0 Å². The van der Waals surface area contributed by atoms with Crippen LogP contribution in [0.15, 0.2) is 34.4 Å². The third kappa shape index (κ3) is 6.12. The van der Waals surface area contributed by atoms with E-state index >= 15 is 0 Å². The van der Waals surface area contributed by atoms with Crippen molar-refractivity contribution in [3.05, 3.63) is 51.4 Å². The Morgan fingerprint density at radius 2 is 1.86 bits per heavy atom. The number of nitrogens with one attached hydrogen (secondary N) is 1. The van der Waals surface area contributed by atoms with Crippen molar-refractivity contribution < 1.29 is 14.3 Å². The minimum atomic E-state index is -0.0227. The molecule has 0 saturated carbocycles. The van der Waals surface area contributed by atoms with Crippen molar-refractivity contribution in [3.8, 4) is 11.5 Å². The summed E-state index contributed by atoms with van der Waals surface area (Å²) in [7, 11) is 0. The minimum absolute atomic E-state index is 0.00202. The van der Waals surface area contributed by atoms with E-state index in [0.29, 0.717) is 68.4 Å². The van der Waals surface area contributed by atoms with E-state index in [1.807, 2.05) is 47.9 Å². The Hall–Kier alpha value is -3.40. The molecule has 0 bridgehead atoms. The topological polar surface area (TPSA) is 99.7 Å². The quantitative estimate of drug-likeness (QED) is 0.280. The van der Waals surface area contributed by atoms with Crippen molar-refractivity contribution in [1.82, 2.24) is 24.5 Å². The van der Waals surface area contributed by atoms with Crippen molar-refractivity contribution in [2.24, 2.45) is 5.92 Å². The Labute approximate surface area is 220 Å². The van der Waals surface area contributed by atoms with Gasteiger partial charge in [-0.1, -0.05) is 19.9 Å². The molecule has 0 aliphatic carbocycles. The van der Waals surface area contributed by atoms with Crippen molar-refractivity contribution >= 4 is 33.2 Å². The van der Waals surface area contributed by atoms with Gasteiger partial charge in [-0.3, -0.25) is 18.6 Å². The van der Waals surface area contributed by atoms with E-state index in [1.165, 1.54) is 11.3 Å². The number of benzene rings is 1. The molecule has 1 amide bonds. The molecule has 4 aromatic rings. The normalized spacial score (nSPS) is 11.5. The zero-order valence-electron chi connectivity index (χ0n) is 22.0. The highest BCUT2D eigenvalue weighted by molar-refractivity contribution is 7.17. The van der Waals surface area contributed by atoms with E-state index in [-0.39, 0.29) is 11.5 Å². The van der Waals surface area contributed by atoms with Crippen molar-refractivity contribution in [3.63, 3.8) is 0 Å². The maximum Gasteiger partial charge on any atom is 0.272 e. The molecule has 9 nitrogen and oxygen atoms in total. The second kappa shape index (κ2) is 12.2. The third-order valence-electron chi connectivity index (χ3n) is 5.97. The molecule has 37 heavy (non-hydrogen) atoms. The van der Waals surface area contributed by atoms with Crippen LogP contribution in [-0.4, -0.2) is 44.8 Å². The van der Waals surface area contributed by atoms with Crippen LogP contribution in [-0.2, 0) is 24.2 Å². The summed E-state index contributed by atoms with van der Waals surface area (Å²) >= 11 is 1.44. The number of aryl methyl sites for hydroxylation is 1. The Kier molecular flexibility index (Phi) is 8.81. The highest BCUT2D eigenvalue weighted by Crippen LogP contribution is 2.28. The van der Waals surface area contributed by atoms with Crippen LogP contribution < -0.4 is 20.3 Å². The zero-order chi connectivity index (χ0) is 26.4. The lowest BCUT2D eigenvalue weighted by Gasteiger charge is -2.12. The van der Waals surface area contributed by atoms with Gasteiger partial charge in [0, 0.05) is 25.9 Å². The predicted molar refractivity (Wildman–Crippen MR) is 146 cm³/mol. The Morgan fingerprint density at radius 3 is 2.62 bits per heavy atom. The summed E-state index contributed by atoms with van der Waals surface area (Å²) in [5, 5.41) is 13.6. The van der Waals surface area contributed by atoms with Gasteiger partial charge in [0.1, 0.15) is 10.5 Å². The molecule has 198 valence electrons. The number of ether oxygens (including phenoxy) is 2. The molecule has 0 aliphatic heterocycles. The lowest BCUT2D eigenvalue weighted by atomic mass is 10.1. The van der Waals surface area contributed by atoms with Crippen LogP contribution in [0.2, 0.25) is 0 Å². The molecule has 10 heteroatoms. The number of amides is 1. The minimum Gasteiger partial charge on any atom is -0.490 e. The summed E-state index contributed by atoms with van der Waals surface area (Å²) in [6, 6.07) is 7.83. The average molecular weight is 526 g/mol. The molecule has 0 radical (unpaired) electrons. The molecule has 3 aromatic heterocycles. The second-order valence-corrected chi connectivity index (χ2v) is 10.2. The maximum absolute atomic E-state index is 13.0. The molecular weight excluding hydrogens is 490 g/mol. The maximum atomic E-state index is 13.0. The Morgan fingerprint density at radius 1 is 1.08 bits per heavy atom. The second-order valence-electron chi connectivity index (χ2n) is 9.30. The molecule has 0 aliphatic rings. The van der Waals surface area contributed by atoms with Crippen LogP contribution in [0.5, 0.6) is 11.5 Å². The van der Waals surface area contributed by atoms with Crippen LogP contribution in [0.25, 0.3) is 16.0 Å². The van der Waals surface area contributed by atoms with Crippen LogP contribution in [0, 0.1) is 5.92 Å². The van der Waals surface area contributed by atoms with E-state index in [2.05, 4.69) is 29.4 Å². The fourth-order valence-electron chi connectivity index (χ4n) is 4.37. The Balaban J connectivity index is 1.35. The van der Waals surface area contributed by atoms with Crippen molar-refractivity contribution in [2.75, 3.05) is 19.8 Å². The first-order valence-electron chi connectivity index (χ1n) is 12.9. The lowest BCUT2D eigenvalue weighted by molar-refractivity contribution is -0.121. The number of nitrogens with zero attached hydrogens (tertiary/aromatic N) is 4. The van der Waals surface area contributed by atoms with E-state index in [4.69, 9.17) is 9.47 Å². The fourth-order valence-corrected chi connectivity index (χ4v) is 5.19. The number of aromatic nitrogens is 4. The molecule has 4 rings (SSSR count). The number of carbonyl (C=O) groups excluding carboxylic acids is 1. The highest BCUT2D eigenvalue weighted by atomic mass is 32.1. The van der Waals surface area contributed by atoms with Gasteiger partial charge in [0.15, 0.2) is 11.5 Å². The first kappa shape index (κ1) is 26.7. The van der Waals surface area contributed by atoms with Gasteiger partial charge in [-0.05, 0) is 61.7 Å². The summed E-state index contributed by atoms with van der Waals surface area (Å²) in [5.74, 6) is 3.09. The predicted octanol–water partition coefficient (Wildman–Crippen LogP) is 4.24. The van der Waals surface area contributed by atoms with E-state index in [0.717, 1.165) is 28.4 Å². The number of rotatable bonds is 13. The van der Waals surface area contributed by atoms with Gasteiger partial charge in [-0.25, -0.2) is 0 Å². The largest absolute Gasteiger partial charge is 0.490 e. The number of thiophene rings is 1. The van der Waals surface area contributed by atoms with Crippen molar-refractivity contribution in [2.45, 2.75) is 59.9 Å². The van der Waals surface area contributed by atoms with Gasteiger partial charge in [0.25, 0.3) is 5.56 Å². The molecular formula is C27H35N5O4S. The zero-order valence-corrected chi connectivity index (χ0v) is 22.8. The van der Waals surface area contributed by atoms with E-state index in [1.54, 1.807) is 4.57 Å². The van der Waals surface area contributed by atoms with E-state index in [9.17, 15) is 9.59 Å². The number of fused-ring (bicyclic) bond motifs is 3. The molecule has 0 spiro atoms. The third-order valence-corrected chi connectivity index (χ3v) is 6.87. The fraction of sp³-hybridized carbons (Fsp3) is 0.481. The summed E-state index contributed by atoms with van der Waals surface area (Å²) in [4.78, 5) is 25.5. The molecule has 0 atom stereocenters. The van der Waals surface area contributed by atoms with Gasteiger partial charge >= 0.3 is 0 Å². The monoisotopic (exact) mass is 525 g/mol. The summed E-state index contributed by atoms with van der Waals surface area (Å²) in [5.41, 5.74) is 1.89. The SMILES string of the molecule is CCOc1ccc(CCNC(=O)CCCc2nnc3n(CC(C)C)c(=O)c4sccc4n23)cc1OCC. The molecule has 0 saturated heterocycles. The molecule has 1 N–H and O–H groups in total. The average Bonchev–Trinajstić information content (AvgIpc) is 3.51. The van der Waals surface area contributed by atoms with Crippen LogP contribution in [0.3, 0.4) is 0 Å². The highest BCUT2D eigenvalue weighted by Gasteiger charge is 2.18. The van der Waals surface area contributed by atoms with Gasteiger partial charge < -0.3 is 14.8 Å². The summed E-state index contributed by atoms with van der Waals surface area (Å²) in [6.45, 7) is 10.3. The van der Waals surface area contributed by atoms with Crippen LogP contribution in [0.1, 0.15) is 51.9 Å².